The SMILES string of the molecule is CC(C)Oc1ccc(NC(N)=NCCCOCCOCc2ccccc2)cc1.I. The van der Waals surface area contributed by atoms with Crippen LogP contribution in [0, 0.1) is 0 Å². The van der Waals surface area contributed by atoms with Crippen LogP contribution in [-0.4, -0.2) is 38.4 Å². The monoisotopic (exact) mass is 513 g/mol. The van der Waals surface area contributed by atoms with E-state index >= 15 is 0 Å². The van der Waals surface area contributed by atoms with Crippen molar-refractivity contribution in [2.75, 3.05) is 31.7 Å². The van der Waals surface area contributed by atoms with Crippen LogP contribution in [0.25, 0.3) is 0 Å². The summed E-state index contributed by atoms with van der Waals surface area (Å²) in [5, 5.41) is 3.07. The van der Waals surface area contributed by atoms with E-state index in [0.717, 1.165) is 17.9 Å². The quantitative estimate of drug-likeness (QED) is 0.190. The molecule has 0 fully saturated rings. The molecule has 0 atom stereocenters. The highest BCUT2D eigenvalue weighted by Gasteiger charge is 1.99. The lowest BCUT2D eigenvalue weighted by Gasteiger charge is -2.11. The summed E-state index contributed by atoms with van der Waals surface area (Å²) >= 11 is 0. The average Bonchev–Trinajstić information content (AvgIpc) is 2.68. The van der Waals surface area contributed by atoms with Crippen molar-refractivity contribution >= 4 is 35.6 Å². The van der Waals surface area contributed by atoms with Crippen LogP contribution in [0.4, 0.5) is 5.69 Å². The standard InChI is InChI=1S/C22H31N3O3.HI/c1-18(2)28-21-11-9-20(10-12-21)25-22(23)24-13-6-14-26-15-16-27-17-19-7-4-3-5-8-19;/h3-5,7-12,18H,6,13-17H2,1-2H3,(H3,23,24,25);1H. The molecule has 29 heavy (non-hydrogen) atoms. The molecule has 0 bridgehead atoms. The van der Waals surface area contributed by atoms with E-state index in [2.05, 4.69) is 10.3 Å². The second-order valence-corrected chi connectivity index (χ2v) is 6.59. The first-order valence-corrected chi connectivity index (χ1v) is 9.66. The second-order valence-electron chi connectivity index (χ2n) is 6.59. The first-order valence-electron chi connectivity index (χ1n) is 9.66. The van der Waals surface area contributed by atoms with E-state index < -0.39 is 0 Å². The molecule has 0 amide bonds. The highest BCUT2D eigenvalue weighted by atomic mass is 127. The lowest BCUT2D eigenvalue weighted by Crippen LogP contribution is -2.23. The number of rotatable bonds is 12. The van der Waals surface area contributed by atoms with E-state index in [1.54, 1.807) is 0 Å². The number of aliphatic imine (C=N–C) groups is 1. The van der Waals surface area contributed by atoms with Gasteiger partial charge in [-0.1, -0.05) is 30.3 Å². The van der Waals surface area contributed by atoms with Crippen molar-refractivity contribution in [1.82, 2.24) is 0 Å². The smallest absolute Gasteiger partial charge is 0.193 e. The minimum Gasteiger partial charge on any atom is -0.491 e. The molecule has 0 heterocycles. The maximum absolute atomic E-state index is 5.91. The predicted molar refractivity (Wildman–Crippen MR) is 129 cm³/mol. The van der Waals surface area contributed by atoms with Gasteiger partial charge in [0.25, 0.3) is 0 Å². The van der Waals surface area contributed by atoms with E-state index in [-0.39, 0.29) is 30.1 Å². The third-order valence-corrected chi connectivity index (χ3v) is 3.71. The molecule has 0 radical (unpaired) electrons. The zero-order valence-electron chi connectivity index (χ0n) is 17.2. The van der Waals surface area contributed by atoms with Crippen molar-refractivity contribution in [1.29, 1.82) is 0 Å². The van der Waals surface area contributed by atoms with Crippen LogP contribution in [0.15, 0.2) is 59.6 Å². The molecule has 0 saturated heterocycles. The molecule has 3 N–H and O–H groups in total. The number of nitrogens with zero attached hydrogens (tertiary/aromatic N) is 1. The van der Waals surface area contributed by atoms with Gasteiger partial charge in [-0.15, -0.1) is 24.0 Å². The van der Waals surface area contributed by atoms with Gasteiger partial charge in [0, 0.05) is 18.8 Å². The van der Waals surface area contributed by atoms with Gasteiger partial charge in [0.05, 0.1) is 25.9 Å². The molecule has 0 saturated carbocycles. The molecule has 6 nitrogen and oxygen atoms in total. The van der Waals surface area contributed by atoms with Crippen molar-refractivity contribution in [3.05, 3.63) is 60.2 Å². The van der Waals surface area contributed by atoms with Crippen LogP contribution in [0.2, 0.25) is 0 Å². The second kappa shape index (κ2) is 15.1. The molecule has 0 aromatic heterocycles. The average molecular weight is 513 g/mol. The van der Waals surface area contributed by atoms with Crippen LogP contribution < -0.4 is 15.8 Å². The molecule has 160 valence electrons. The third kappa shape index (κ3) is 11.7. The zero-order chi connectivity index (χ0) is 20.0. The van der Waals surface area contributed by atoms with Gasteiger partial charge in [-0.05, 0) is 50.1 Å². The Morgan fingerprint density at radius 3 is 2.34 bits per heavy atom. The van der Waals surface area contributed by atoms with Gasteiger partial charge >= 0.3 is 0 Å². The van der Waals surface area contributed by atoms with E-state index in [9.17, 15) is 0 Å². The topological polar surface area (TPSA) is 78.1 Å². The van der Waals surface area contributed by atoms with Crippen LogP contribution in [0.3, 0.4) is 0 Å². The fourth-order valence-corrected chi connectivity index (χ4v) is 2.43. The van der Waals surface area contributed by atoms with Gasteiger partial charge in [0.1, 0.15) is 5.75 Å². The van der Waals surface area contributed by atoms with Gasteiger partial charge in [0.2, 0.25) is 0 Å². The van der Waals surface area contributed by atoms with Crippen LogP contribution in [0.5, 0.6) is 5.75 Å². The van der Waals surface area contributed by atoms with Crippen molar-refractivity contribution in [3.8, 4) is 5.75 Å². The molecule has 0 aliphatic rings. The van der Waals surface area contributed by atoms with E-state index in [0.29, 0.717) is 38.9 Å². The van der Waals surface area contributed by atoms with Gasteiger partial charge < -0.3 is 25.3 Å². The van der Waals surface area contributed by atoms with E-state index in [4.69, 9.17) is 19.9 Å². The zero-order valence-corrected chi connectivity index (χ0v) is 19.5. The summed E-state index contributed by atoms with van der Waals surface area (Å²) in [7, 11) is 0. The molecular weight excluding hydrogens is 481 g/mol. The minimum absolute atomic E-state index is 0. The summed E-state index contributed by atoms with van der Waals surface area (Å²) < 4.78 is 16.7. The Labute approximate surface area is 190 Å². The molecule has 0 aliphatic carbocycles. The summed E-state index contributed by atoms with van der Waals surface area (Å²) in [6.45, 7) is 7.01. The summed E-state index contributed by atoms with van der Waals surface area (Å²) in [5.41, 5.74) is 7.95. The molecule has 2 aromatic carbocycles. The number of nitrogens with one attached hydrogen (secondary N) is 1. The van der Waals surface area contributed by atoms with Crippen molar-refractivity contribution in [2.45, 2.75) is 33.0 Å². The molecule has 0 spiro atoms. The van der Waals surface area contributed by atoms with Crippen molar-refractivity contribution in [2.24, 2.45) is 10.7 Å². The maximum Gasteiger partial charge on any atom is 0.193 e. The summed E-state index contributed by atoms with van der Waals surface area (Å²) in [6.07, 6.45) is 0.963. The first kappa shape index (κ1) is 25.2. The third-order valence-electron chi connectivity index (χ3n) is 3.71. The Balaban J connectivity index is 0.00000420. The molecule has 7 heteroatoms. The molecule has 0 unspecified atom stereocenters. The van der Waals surface area contributed by atoms with Crippen LogP contribution in [-0.2, 0) is 16.1 Å². The number of nitrogens with two attached hydrogens (primary N) is 1. The number of anilines is 1. The summed E-state index contributed by atoms with van der Waals surface area (Å²) in [4.78, 5) is 4.30. The van der Waals surface area contributed by atoms with Crippen molar-refractivity contribution in [3.63, 3.8) is 0 Å². The Morgan fingerprint density at radius 1 is 0.966 bits per heavy atom. The molecule has 2 aromatic rings. The van der Waals surface area contributed by atoms with Crippen LogP contribution in [0.1, 0.15) is 25.8 Å². The minimum atomic E-state index is 0. The lowest BCUT2D eigenvalue weighted by atomic mass is 10.2. The van der Waals surface area contributed by atoms with Gasteiger partial charge in [-0.2, -0.15) is 0 Å². The first-order chi connectivity index (χ1) is 13.6. The Bertz CT molecular complexity index is 694. The number of benzene rings is 2. The molecule has 0 aliphatic heterocycles. The fourth-order valence-electron chi connectivity index (χ4n) is 2.43. The summed E-state index contributed by atoms with van der Waals surface area (Å²) in [6, 6.07) is 17.7. The van der Waals surface area contributed by atoms with E-state index in [1.807, 2.05) is 68.4 Å². The highest BCUT2D eigenvalue weighted by Crippen LogP contribution is 2.16. The Kier molecular flexibility index (Phi) is 13.1. The largest absolute Gasteiger partial charge is 0.491 e. The highest BCUT2D eigenvalue weighted by molar-refractivity contribution is 14.0. The van der Waals surface area contributed by atoms with Crippen LogP contribution >= 0.6 is 24.0 Å². The Morgan fingerprint density at radius 2 is 1.66 bits per heavy atom. The predicted octanol–water partition coefficient (Wildman–Crippen LogP) is 4.44. The Hall–Kier alpha value is -1.84. The fraction of sp³-hybridized carbons (Fsp3) is 0.409. The normalized spacial score (nSPS) is 11.2. The lowest BCUT2D eigenvalue weighted by molar-refractivity contribution is 0.0403. The number of hydrogen-bond donors (Lipinski definition) is 2. The molecular formula is C22H32IN3O3. The van der Waals surface area contributed by atoms with Gasteiger partial charge in [0.15, 0.2) is 5.96 Å². The number of guanidine groups is 1. The van der Waals surface area contributed by atoms with Crippen molar-refractivity contribution < 1.29 is 14.2 Å². The maximum atomic E-state index is 5.91. The van der Waals surface area contributed by atoms with Gasteiger partial charge in [-0.3, -0.25) is 4.99 Å². The summed E-state index contributed by atoms with van der Waals surface area (Å²) in [5.74, 6) is 1.23. The van der Waals surface area contributed by atoms with E-state index in [1.165, 1.54) is 5.56 Å². The molecule has 2 rings (SSSR count). The number of halogens is 1. The number of ether oxygens (including phenoxy) is 3. The van der Waals surface area contributed by atoms with Gasteiger partial charge in [-0.25, -0.2) is 0 Å². The number of hydrogen-bond acceptors (Lipinski definition) is 4.